The van der Waals surface area contributed by atoms with Crippen molar-refractivity contribution in [2.45, 2.75) is 18.4 Å². The molecule has 0 heterocycles. The molecule has 27 heavy (non-hydrogen) atoms. The van der Waals surface area contributed by atoms with Gasteiger partial charge in [-0.3, -0.25) is 4.79 Å². The SMILES string of the molecule is C=CCNS(=O)(=O)c1cc(C(=O)N(CC)Cc2cccc(F)c2)ccc1F. The highest BCUT2D eigenvalue weighted by Gasteiger charge is 2.22. The van der Waals surface area contributed by atoms with Crippen LogP contribution in [0.2, 0.25) is 0 Å². The lowest BCUT2D eigenvalue weighted by Crippen LogP contribution is -2.31. The van der Waals surface area contributed by atoms with E-state index < -0.39 is 32.5 Å². The lowest BCUT2D eigenvalue weighted by molar-refractivity contribution is 0.0752. The first kappa shape index (κ1) is 20.7. The summed E-state index contributed by atoms with van der Waals surface area (Å²) >= 11 is 0. The van der Waals surface area contributed by atoms with Crippen LogP contribution in [0, 0.1) is 11.6 Å². The average molecular weight is 394 g/mol. The molecule has 1 amide bonds. The quantitative estimate of drug-likeness (QED) is 0.700. The second-order valence-corrected chi connectivity index (χ2v) is 7.47. The molecule has 0 aliphatic heterocycles. The minimum Gasteiger partial charge on any atom is -0.335 e. The maximum atomic E-state index is 14.0. The van der Waals surface area contributed by atoms with Crippen LogP contribution in [0.15, 0.2) is 60.0 Å². The van der Waals surface area contributed by atoms with Crippen molar-refractivity contribution in [3.05, 3.63) is 77.9 Å². The van der Waals surface area contributed by atoms with Crippen molar-refractivity contribution in [1.29, 1.82) is 0 Å². The predicted molar refractivity (Wildman–Crippen MR) is 98.6 cm³/mol. The van der Waals surface area contributed by atoms with Crippen molar-refractivity contribution in [1.82, 2.24) is 9.62 Å². The van der Waals surface area contributed by atoms with Crippen molar-refractivity contribution in [3.8, 4) is 0 Å². The first-order chi connectivity index (χ1) is 12.8. The molecular formula is C19H20F2N2O3S. The molecule has 0 spiro atoms. The Labute approximate surface area is 157 Å². The van der Waals surface area contributed by atoms with Gasteiger partial charge in [0.2, 0.25) is 10.0 Å². The second-order valence-electron chi connectivity index (χ2n) is 5.74. The first-order valence-electron chi connectivity index (χ1n) is 8.22. The molecule has 0 radical (unpaired) electrons. The number of hydrogen-bond donors (Lipinski definition) is 1. The van der Waals surface area contributed by atoms with E-state index >= 15 is 0 Å². The molecular weight excluding hydrogens is 374 g/mol. The van der Waals surface area contributed by atoms with E-state index in [9.17, 15) is 22.0 Å². The van der Waals surface area contributed by atoms with Gasteiger partial charge >= 0.3 is 0 Å². The Morgan fingerprint density at radius 1 is 1.22 bits per heavy atom. The lowest BCUT2D eigenvalue weighted by Gasteiger charge is -2.21. The van der Waals surface area contributed by atoms with Gasteiger partial charge in [-0.15, -0.1) is 6.58 Å². The summed E-state index contributed by atoms with van der Waals surface area (Å²) in [7, 11) is -4.12. The van der Waals surface area contributed by atoms with E-state index in [0.29, 0.717) is 12.1 Å². The number of halogens is 2. The molecule has 2 aromatic rings. The van der Waals surface area contributed by atoms with Crippen LogP contribution < -0.4 is 4.72 Å². The molecule has 0 aromatic heterocycles. The largest absolute Gasteiger partial charge is 0.335 e. The van der Waals surface area contributed by atoms with Crippen LogP contribution in [0.3, 0.4) is 0 Å². The molecule has 0 saturated carbocycles. The Morgan fingerprint density at radius 3 is 2.59 bits per heavy atom. The maximum Gasteiger partial charge on any atom is 0.254 e. The van der Waals surface area contributed by atoms with Gasteiger partial charge in [0.05, 0.1) is 0 Å². The normalized spacial score (nSPS) is 11.2. The standard InChI is InChI=1S/C19H20F2N2O3S/c1-3-10-22-27(25,26)18-12-15(8-9-17(18)21)19(24)23(4-2)13-14-6-5-7-16(20)11-14/h3,5-9,11-12,22H,1,4,10,13H2,2H3. The number of carbonyl (C=O) groups is 1. The molecule has 0 atom stereocenters. The number of nitrogens with one attached hydrogen (secondary N) is 1. The number of sulfonamides is 1. The molecule has 0 bridgehead atoms. The lowest BCUT2D eigenvalue weighted by atomic mass is 10.1. The first-order valence-corrected chi connectivity index (χ1v) is 9.70. The topological polar surface area (TPSA) is 66.5 Å². The van der Waals surface area contributed by atoms with Gasteiger partial charge in [-0.25, -0.2) is 21.9 Å². The van der Waals surface area contributed by atoms with Crippen molar-refractivity contribution in [2.75, 3.05) is 13.1 Å². The molecule has 0 saturated heterocycles. The van der Waals surface area contributed by atoms with Crippen LogP contribution in [-0.2, 0) is 16.6 Å². The second kappa shape index (κ2) is 8.88. The van der Waals surface area contributed by atoms with Crippen LogP contribution in [0.25, 0.3) is 0 Å². The van der Waals surface area contributed by atoms with Gasteiger partial charge in [-0.2, -0.15) is 0 Å². The molecule has 0 aliphatic carbocycles. The fourth-order valence-electron chi connectivity index (χ4n) is 2.45. The van der Waals surface area contributed by atoms with Crippen molar-refractivity contribution in [3.63, 3.8) is 0 Å². The van der Waals surface area contributed by atoms with Gasteiger partial charge in [0, 0.05) is 25.2 Å². The number of rotatable bonds is 8. The number of benzene rings is 2. The third-order valence-electron chi connectivity index (χ3n) is 3.82. The van der Waals surface area contributed by atoms with Gasteiger partial charge in [0.25, 0.3) is 5.91 Å². The summed E-state index contributed by atoms with van der Waals surface area (Å²) in [6, 6.07) is 8.99. The van der Waals surface area contributed by atoms with E-state index in [4.69, 9.17) is 0 Å². The molecule has 8 heteroatoms. The zero-order valence-corrected chi connectivity index (χ0v) is 15.6. The summed E-state index contributed by atoms with van der Waals surface area (Å²) < 4.78 is 53.9. The summed E-state index contributed by atoms with van der Waals surface area (Å²) in [4.78, 5) is 13.5. The Hall–Kier alpha value is -2.58. The van der Waals surface area contributed by atoms with E-state index in [2.05, 4.69) is 11.3 Å². The van der Waals surface area contributed by atoms with Crippen LogP contribution in [-0.4, -0.2) is 32.3 Å². The molecule has 0 unspecified atom stereocenters. The molecule has 0 fully saturated rings. The summed E-state index contributed by atoms with van der Waals surface area (Å²) in [6.07, 6.45) is 1.32. The highest BCUT2D eigenvalue weighted by molar-refractivity contribution is 7.89. The third-order valence-corrected chi connectivity index (χ3v) is 5.26. The smallest absolute Gasteiger partial charge is 0.254 e. The fourth-order valence-corrected chi connectivity index (χ4v) is 3.55. The number of carbonyl (C=O) groups excluding carboxylic acids is 1. The zero-order valence-electron chi connectivity index (χ0n) is 14.8. The molecule has 5 nitrogen and oxygen atoms in total. The number of hydrogen-bond acceptors (Lipinski definition) is 3. The maximum absolute atomic E-state index is 14.0. The van der Waals surface area contributed by atoms with E-state index in [-0.39, 0.29) is 18.7 Å². The number of nitrogens with zero attached hydrogens (tertiary/aromatic N) is 1. The van der Waals surface area contributed by atoms with Gasteiger partial charge in [0.15, 0.2) is 0 Å². The van der Waals surface area contributed by atoms with E-state index in [1.165, 1.54) is 35.2 Å². The Balaban J connectivity index is 2.31. The Kier molecular flexibility index (Phi) is 6.81. The van der Waals surface area contributed by atoms with E-state index in [1.807, 2.05) is 0 Å². The van der Waals surface area contributed by atoms with Gasteiger partial charge in [-0.1, -0.05) is 18.2 Å². The van der Waals surface area contributed by atoms with Gasteiger partial charge in [0.1, 0.15) is 16.5 Å². The monoisotopic (exact) mass is 394 g/mol. The Morgan fingerprint density at radius 2 is 1.96 bits per heavy atom. The Bertz CT molecular complexity index is 946. The summed E-state index contributed by atoms with van der Waals surface area (Å²) in [5.41, 5.74) is 0.612. The molecule has 1 N–H and O–H groups in total. The number of amides is 1. The molecule has 2 rings (SSSR count). The van der Waals surface area contributed by atoms with Crippen LogP contribution >= 0.6 is 0 Å². The van der Waals surface area contributed by atoms with Crippen LogP contribution in [0.4, 0.5) is 8.78 Å². The van der Waals surface area contributed by atoms with E-state index in [0.717, 1.165) is 12.1 Å². The van der Waals surface area contributed by atoms with Crippen LogP contribution in [0.5, 0.6) is 0 Å². The van der Waals surface area contributed by atoms with E-state index in [1.54, 1.807) is 13.0 Å². The average Bonchev–Trinajstić information content (AvgIpc) is 2.64. The predicted octanol–water partition coefficient (Wildman–Crippen LogP) is 3.09. The fraction of sp³-hybridized carbons (Fsp3) is 0.211. The summed E-state index contributed by atoms with van der Waals surface area (Å²) in [5.74, 6) is -1.86. The molecule has 0 aliphatic rings. The summed E-state index contributed by atoms with van der Waals surface area (Å²) in [6.45, 7) is 5.52. The minimum absolute atomic E-state index is 0.0219. The van der Waals surface area contributed by atoms with Crippen molar-refractivity contribution >= 4 is 15.9 Å². The minimum atomic E-state index is -4.12. The van der Waals surface area contributed by atoms with Gasteiger partial charge in [-0.05, 0) is 42.8 Å². The van der Waals surface area contributed by atoms with Crippen molar-refractivity contribution < 1.29 is 22.0 Å². The summed E-state index contributed by atoms with van der Waals surface area (Å²) in [5, 5.41) is 0. The molecule has 2 aromatic carbocycles. The highest BCUT2D eigenvalue weighted by atomic mass is 32.2. The molecule has 144 valence electrons. The third kappa shape index (κ3) is 5.21. The van der Waals surface area contributed by atoms with Crippen LogP contribution in [0.1, 0.15) is 22.8 Å². The van der Waals surface area contributed by atoms with Gasteiger partial charge < -0.3 is 4.90 Å². The highest BCUT2D eigenvalue weighted by Crippen LogP contribution is 2.19. The zero-order chi connectivity index (χ0) is 20.0. The van der Waals surface area contributed by atoms with Crippen molar-refractivity contribution in [2.24, 2.45) is 0 Å².